The van der Waals surface area contributed by atoms with E-state index in [1.807, 2.05) is 11.8 Å². The molecule has 168 valence electrons. The molecule has 0 unspecified atom stereocenters. The number of benzene rings is 2. The van der Waals surface area contributed by atoms with E-state index in [0.717, 1.165) is 17.8 Å². The summed E-state index contributed by atoms with van der Waals surface area (Å²) in [7, 11) is 0. The lowest BCUT2D eigenvalue weighted by Gasteiger charge is -2.36. The lowest BCUT2D eigenvalue weighted by atomic mass is 10.1. The molecular weight excluding hydrogens is 424 g/mol. The van der Waals surface area contributed by atoms with Crippen LogP contribution in [0.1, 0.15) is 28.5 Å². The van der Waals surface area contributed by atoms with E-state index in [1.54, 1.807) is 27.8 Å². The first-order valence-electron chi connectivity index (χ1n) is 10.3. The van der Waals surface area contributed by atoms with Crippen LogP contribution in [0.4, 0.5) is 23.2 Å². The average Bonchev–Trinajstić information content (AvgIpc) is 3.23. The number of aromatic nitrogens is 2. The lowest BCUT2D eigenvalue weighted by molar-refractivity contribution is -0.137. The number of hydrogen-bond acceptors (Lipinski definition) is 3. The summed E-state index contributed by atoms with van der Waals surface area (Å²) in [6.45, 7) is 3.56. The van der Waals surface area contributed by atoms with Crippen LogP contribution in [-0.2, 0) is 12.6 Å². The predicted molar refractivity (Wildman–Crippen MR) is 112 cm³/mol. The molecule has 2 heterocycles. The molecule has 0 aliphatic carbocycles. The van der Waals surface area contributed by atoms with Gasteiger partial charge in [0.15, 0.2) is 0 Å². The van der Waals surface area contributed by atoms with Crippen molar-refractivity contribution in [2.45, 2.75) is 19.5 Å². The number of anilines is 1. The summed E-state index contributed by atoms with van der Waals surface area (Å²) in [5.41, 5.74) is 1.67. The highest BCUT2D eigenvalue weighted by molar-refractivity contribution is 5.95. The minimum Gasteiger partial charge on any atom is -0.368 e. The minimum absolute atomic E-state index is 0.168. The van der Waals surface area contributed by atoms with Gasteiger partial charge in [-0.25, -0.2) is 9.07 Å². The molecule has 1 amide bonds. The minimum atomic E-state index is -4.39. The van der Waals surface area contributed by atoms with Crippen molar-refractivity contribution in [1.82, 2.24) is 14.7 Å². The molecule has 1 fully saturated rings. The highest BCUT2D eigenvalue weighted by Crippen LogP contribution is 2.32. The van der Waals surface area contributed by atoms with Crippen LogP contribution in [0.15, 0.2) is 54.7 Å². The van der Waals surface area contributed by atoms with Crippen molar-refractivity contribution in [3.63, 3.8) is 0 Å². The number of alkyl halides is 3. The number of nitrogens with zero attached hydrogens (tertiary/aromatic N) is 4. The van der Waals surface area contributed by atoms with Crippen LogP contribution in [0.3, 0.4) is 0 Å². The number of halogens is 4. The molecule has 0 N–H and O–H groups in total. The second-order valence-corrected chi connectivity index (χ2v) is 7.57. The second-order valence-electron chi connectivity index (χ2n) is 7.57. The van der Waals surface area contributed by atoms with E-state index in [-0.39, 0.29) is 11.7 Å². The van der Waals surface area contributed by atoms with Gasteiger partial charge in [0.25, 0.3) is 5.91 Å². The molecule has 0 bridgehead atoms. The summed E-state index contributed by atoms with van der Waals surface area (Å²) in [6.07, 6.45) is -2.32. The van der Waals surface area contributed by atoms with Gasteiger partial charge in [0.1, 0.15) is 5.82 Å². The van der Waals surface area contributed by atoms with Gasteiger partial charge in [0.05, 0.1) is 28.7 Å². The van der Waals surface area contributed by atoms with Gasteiger partial charge in [-0.3, -0.25) is 4.79 Å². The van der Waals surface area contributed by atoms with Gasteiger partial charge in [-0.15, -0.1) is 0 Å². The smallest absolute Gasteiger partial charge is 0.368 e. The summed E-state index contributed by atoms with van der Waals surface area (Å²) in [4.78, 5) is 16.7. The summed E-state index contributed by atoms with van der Waals surface area (Å²) in [5.74, 6) is -0.521. The summed E-state index contributed by atoms with van der Waals surface area (Å²) >= 11 is 0. The predicted octanol–water partition coefficient (Wildman–Crippen LogP) is 4.56. The first-order valence-corrected chi connectivity index (χ1v) is 10.3. The van der Waals surface area contributed by atoms with Crippen LogP contribution < -0.4 is 4.90 Å². The molecule has 9 heteroatoms. The Hall–Kier alpha value is -3.36. The van der Waals surface area contributed by atoms with Crippen molar-refractivity contribution in [1.29, 1.82) is 0 Å². The number of carbonyl (C=O) groups excluding carboxylic acids is 1. The number of piperazine rings is 1. The van der Waals surface area contributed by atoms with Crippen molar-refractivity contribution in [2.24, 2.45) is 0 Å². The van der Waals surface area contributed by atoms with E-state index in [2.05, 4.69) is 5.10 Å². The molecular formula is C23H22F4N4O. The SMILES string of the molecule is CCc1c(C(=O)N2CCN(c3cccc(C(F)(F)F)c3)CC2)cnn1-c1ccc(F)cc1. The fourth-order valence-corrected chi connectivity index (χ4v) is 3.91. The van der Waals surface area contributed by atoms with E-state index in [9.17, 15) is 22.4 Å². The maximum absolute atomic E-state index is 13.2. The molecule has 32 heavy (non-hydrogen) atoms. The highest BCUT2D eigenvalue weighted by atomic mass is 19.4. The third-order valence-corrected chi connectivity index (χ3v) is 5.61. The molecule has 3 aromatic rings. The van der Waals surface area contributed by atoms with E-state index < -0.39 is 11.7 Å². The normalized spacial score (nSPS) is 14.7. The Bertz CT molecular complexity index is 1100. The highest BCUT2D eigenvalue weighted by Gasteiger charge is 2.31. The molecule has 2 aromatic carbocycles. The van der Waals surface area contributed by atoms with E-state index >= 15 is 0 Å². The van der Waals surface area contributed by atoms with Gasteiger partial charge in [0, 0.05) is 31.9 Å². The zero-order chi connectivity index (χ0) is 22.9. The van der Waals surface area contributed by atoms with Gasteiger partial charge >= 0.3 is 6.18 Å². The Morgan fingerprint density at radius 2 is 1.69 bits per heavy atom. The van der Waals surface area contributed by atoms with E-state index in [4.69, 9.17) is 0 Å². The summed E-state index contributed by atoms with van der Waals surface area (Å²) in [6, 6.07) is 11.1. The largest absolute Gasteiger partial charge is 0.416 e. The van der Waals surface area contributed by atoms with Crippen LogP contribution >= 0.6 is 0 Å². The molecule has 1 saturated heterocycles. The molecule has 0 radical (unpaired) electrons. The van der Waals surface area contributed by atoms with Crippen molar-refractivity contribution < 1.29 is 22.4 Å². The molecule has 1 aliphatic rings. The topological polar surface area (TPSA) is 41.4 Å². The van der Waals surface area contributed by atoms with Crippen molar-refractivity contribution in [3.8, 4) is 5.69 Å². The Labute approximate surface area is 182 Å². The van der Waals surface area contributed by atoms with Crippen LogP contribution in [0.5, 0.6) is 0 Å². The Morgan fingerprint density at radius 1 is 1.00 bits per heavy atom. The third-order valence-electron chi connectivity index (χ3n) is 5.61. The lowest BCUT2D eigenvalue weighted by Crippen LogP contribution is -2.49. The number of rotatable bonds is 4. The third kappa shape index (κ3) is 4.32. The number of hydrogen-bond donors (Lipinski definition) is 0. The first kappa shape index (κ1) is 21.9. The summed E-state index contributed by atoms with van der Waals surface area (Å²) < 4.78 is 53.9. The van der Waals surface area contributed by atoms with Crippen molar-refractivity contribution in [3.05, 3.63) is 77.4 Å². The van der Waals surface area contributed by atoms with Crippen LogP contribution in [0, 0.1) is 5.82 Å². The maximum Gasteiger partial charge on any atom is 0.416 e. The van der Waals surface area contributed by atoms with Gasteiger partial charge in [-0.05, 0) is 48.9 Å². The molecule has 4 rings (SSSR count). The Morgan fingerprint density at radius 3 is 2.31 bits per heavy atom. The fraction of sp³-hybridized carbons (Fsp3) is 0.304. The van der Waals surface area contributed by atoms with Gasteiger partial charge in [-0.1, -0.05) is 13.0 Å². The molecule has 1 aromatic heterocycles. The van der Waals surface area contributed by atoms with Crippen LogP contribution in [0.25, 0.3) is 5.69 Å². The fourth-order valence-electron chi connectivity index (χ4n) is 3.91. The number of carbonyl (C=O) groups is 1. The maximum atomic E-state index is 13.2. The zero-order valence-electron chi connectivity index (χ0n) is 17.4. The molecule has 1 aliphatic heterocycles. The Kier molecular flexibility index (Phi) is 5.90. The first-order chi connectivity index (χ1) is 15.3. The molecule has 0 spiro atoms. The standard InChI is InChI=1S/C23H22F4N4O/c1-2-21-20(15-28-31(21)18-8-6-17(24)7-9-18)22(32)30-12-10-29(11-13-30)19-5-3-4-16(14-19)23(25,26)27/h3-9,14-15H,2,10-13H2,1H3. The van der Waals surface area contributed by atoms with Gasteiger partial charge < -0.3 is 9.80 Å². The van der Waals surface area contributed by atoms with E-state index in [1.165, 1.54) is 24.4 Å². The second kappa shape index (κ2) is 8.64. The zero-order valence-corrected chi connectivity index (χ0v) is 17.4. The molecule has 0 atom stereocenters. The monoisotopic (exact) mass is 446 g/mol. The quantitative estimate of drug-likeness (QED) is 0.552. The van der Waals surface area contributed by atoms with E-state index in [0.29, 0.717) is 49.5 Å². The molecule has 5 nitrogen and oxygen atoms in total. The van der Waals surface area contributed by atoms with Crippen molar-refractivity contribution in [2.75, 3.05) is 31.1 Å². The Balaban J connectivity index is 1.48. The van der Waals surface area contributed by atoms with Crippen molar-refractivity contribution >= 4 is 11.6 Å². The van der Waals surface area contributed by atoms with Crippen LogP contribution in [0.2, 0.25) is 0 Å². The van der Waals surface area contributed by atoms with Gasteiger partial charge in [0.2, 0.25) is 0 Å². The van der Waals surface area contributed by atoms with Crippen LogP contribution in [-0.4, -0.2) is 46.8 Å². The van der Waals surface area contributed by atoms with Gasteiger partial charge in [-0.2, -0.15) is 18.3 Å². The average molecular weight is 446 g/mol. The molecule has 0 saturated carbocycles. The number of amides is 1. The summed E-state index contributed by atoms with van der Waals surface area (Å²) in [5, 5.41) is 4.33.